The summed E-state index contributed by atoms with van der Waals surface area (Å²) in [6.45, 7) is 1.88. The highest BCUT2D eigenvalue weighted by Gasteiger charge is 2.23. The lowest BCUT2D eigenvalue weighted by molar-refractivity contribution is -0.137. The Bertz CT molecular complexity index is 388. The summed E-state index contributed by atoms with van der Waals surface area (Å²) >= 11 is 1.85. The molecule has 2 atom stereocenters. The molecule has 0 amide bonds. The van der Waals surface area contributed by atoms with Crippen LogP contribution < -0.4 is 0 Å². The van der Waals surface area contributed by atoms with Gasteiger partial charge in [-0.1, -0.05) is 6.92 Å². The first-order chi connectivity index (χ1) is 8.15. The van der Waals surface area contributed by atoms with Crippen LogP contribution in [0.2, 0.25) is 0 Å². The van der Waals surface area contributed by atoms with Gasteiger partial charge in [0.05, 0.1) is 5.25 Å². The Morgan fingerprint density at radius 1 is 1.65 bits per heavy atom. The Hall–Kier alpha value is -1.04. The first-order valence-electron chi connectivity index (χ1n) is 5.81. The second-order valence-corrected chi connectivity index (χ2v) is 5.75. The van der Waals surface area contributed by atoms with E-state index in [0.717, 1.165) is 12.2 Å². The SMILES string of the molecule is CC(CC(=O)O)Cc1nnc(C2CCCS2)o1. The molecule has 0 radical (unpaired) electrons. The molecule has 1 aromatic rings. The molecule has 0 spiro atoms. The predicted octanol–water partition coefficient (Wildman–Crippen LogP) is 2.29. The highest BCUT2D eigenvalue weighted by molar-refractivity contribution is 7.99. The Morgan fingerprint density at radius 2 is 2.47 bits per heavy atom. The van der Waals surface area contributed by atoms with Crippen LogP contribution in [0.3, 0.4) is 0 Å². The minimum atomic E-state index is -0.788. The van der Waals surface area contributed by atoms with E-state index in [4.69, 9.17) is 9.52 Å². The van der Waals surface area contributed by atoms with Gasteiger partial charge in [0.2, 0.25) is 11.8 Å². The van der Waals surface area contributed by atoms with Gasteiger partial charge in [0.25, 0.3) is 0 Å². The van der Waals surface area contributed by atoms with Gasteiger partial charge >= 0.3 is 5.97 Å². The molecule has 0 aromatic carbocycles. The average Bonchev–Trinajstić information content (AvgIpc) is 2.84. The van der Waals surface area contributed by atoms with Crippen molar-refractivity contribution in [3.63, 3.8) is 0 Å². The Kier molecular flexibility index (Phi) is 4.04. The molecule has 0 aliphatic carbocycles. The number of hydrogen-bond acceptors (Lipinski definition) is 5. The summed E-state index contributed by atoms with van der Waals surface area (Å²) in [5.41, 5.74) is 0. The van der Waals surface area contributed by atoms with E-state index in [-0.39, 0.29) is 12.3 Å². The van der Waals surface area contributed by atoms with Gasteiger partial charge in [0.1, 0.15) is 0 Å². The standard InChI is InChI=1S/C11H16N2O3S/c1-7(6-10(14)15)5-9-12-13-11(16-9)8-3-2-4-17-8/h7-8H,2-6H2,1H3,(H,14,15). The fraction of sp³-hybridized carbons (Fsp3) is 0.727. The molecule has 94 valence electrons. The number of carboxylic acids is 1. The summed E-state index contributed by atoms with van der Waals surface area (Å²) in [6, 6.07) is 0. The number of nitrogens with zero attached hydrogens (tertiary/aromatic N) is 2. The maximum absolute atomic E-state index is 10.5. The Balaban J connectivity index is 1.91. The molecule has 1 fully saturated rings. The van der Waals surface area contributed by atoms with Crippen molar-refractivity contribution in [2.75, 3.05) is 5.75 Å². The number of aromatic nitrogens is 2. The molecule has 1 aromatic heterocycles. The molecular weight excluding hydrogens is 240 g/mol. The number of carboxylic acid groups (broad SMARTS) is 1. The van der Waals surface area contributed by atoms with Gasteiger partial charge in [-0.3, -0.25) is 4.79 Å². The van der Waals surface area contributed by atoms with Crippen LogP contribution in [0.25, 0.3) is 0 Å². The zero-order chi connectivity index (χ0) is 12.3. The molecule has 17 heavy (non-hydrogen) atoms. The zero-order valence-corrected chi connectivity index (χ0v) is 10.6. The van der Waals surface area contributed by atoms with Crippen molar-refractivity contribution in [2.45, 2.75) is 37.9 Å². The molecule has 2 rings (SSSR count). The van der Waals surface area contributed by atoms with Crippen molar-refractivity contribution in [3.05, 3.63) is 11.8 Å². The lowest BCUT2D eigenvalue weighted by atomic mass is 10.0. The van der Waals surface area contributed by atoms with Crippen LogP contribution in [0, 0.1) is 5.92 Å². The molecule has 6 heteroatoms. The first-order valence-corrected chi connectivity index (χ1v) is 6.85. The van der Waals surface area contributed by atoms with Crippen molar-refractivity contribution in [1.82, 2.24) is 10.2 Å². The molecule has 0 bridgehead atoms. The number of rotatable bonds is 5. The van der Waals surface area contributed by atoms with Gasteiger partial charge in [-0.2, -0.15) is 0 Å². The molecular formula is C11H16N2O3S. The lowest BCUT2D eigenvalue weighted by Gasteiger charge is -2.04. The van der Waals surface area contributed by atoms with E-state index < -0.39 is 5.97 Å². The van der Waals surface area contributed by atoms with Crippen molar-refractivity contribution in [2.24, 2.45) is 5.92 Å². The van der Waals surface area contributed by atoms with Crippen molar-refractivity contribution < 1.29 is 14.3 Å². The number of hydrogen-bond donors (Lipinski definition) is 1. The fourth-order valence-electron chi connectivity index (χ4n) is 1.92. The van der Waals surface area contributed by atoms with Crippen molar-refractivity contribution in [1.29, 1.82) is 0 Å². The summed E-state index contributed by atoms with van der Waals surface area (Å²) in [5, 5.41) is 17.0. The molecule has 1 aliphatic rings. The van der Waals surface area contributed by atoms with Crippen molar-refractivity contribution in [3.8, 4) is 0 Å². The first kappa shape index (κ1) is 12.4. The van der Waals surface area contributed by atoms with Gasteiger partial charge in [-0.15, -0.1) is 22.0 Å². The van der Waals surface area contributed by atoms with E-state index in [1.807, 2.05) is 18.7 Å². The molecule has 1 N–H and O–H groups in total. The smallest absolute Gasteiger partial charge is 0.303 e. The zero-order valence-electron chi connectivity index (χ0n) is 9.76. The summed E-state index contributed by atoms with van der Waals surface area (Å²) in [6.07, 6.45) is 2.96. The second kappa shape index (κ2) is 5.53. The summed E-state index contributed by atoms with van der Waals surface area (Å²) in [7, 11) is 0. The third-order valence-corrected chi connectivity index (χ3v) is 4.10. The Morgan fingerprint density at radius 3 is 3.12 bits per heavy atom. The monoisotopic (exact) mass is 256 g/mol. The predicted molar refractivity (Wildman–Crippen MR) is 63.9 cm³/mol. The van der Waals surface area contributed by atoms with E-state index in [9.17, 15) is 4.79 Å². The third-order valence-electron chi connectivity index (χ3n) is 2.73. The fourth-order valence-corrected chi connectivity index (χ4v) is 3.11. The van der Waals surface area contributed by atoms with Gasteiger partial charge in [0.15, 0.2) is 0 Å². The molecule has 1 aliphatic heterocycles. The summed E-state index contributed by atoms with van der Waals surface area (Å²) < 4.78 is 5.58. The second-order valence-electron chi connectivity index (χ2n) is 4.44. The van der Waals surface area contributed by atoms with Crippen LogP contribution in [0.4, 0.5) is 0 Å². The van der Waals surface area contributed by atoms with E-state index in [1.165, 1.54) is 6.42 Å². The van der Waals surface area contributed by atoms with Gasteiger partial charge < -0.3 is 9.52 Å². The third kappa shape index (κ3) is 3.46. The molecule has 1 saturated heterocycles. The quantitative estimate of drug-likeness (QED) is 0.871. The van der Waals surface area contributed by atoms with Crippen LogP contribution in [-0.4, -0.2) is 27.0 Å². The average molecular weight is 256 g/mol. The largest absolute Gasteiger partial charge is 0.481 e. The normalized spacial score (nSPS) is 21.6. The van der Waals surface area contributed by atoms with Crippen LogP contribution >= 0.6 is 11.8 Å². The topological polar surface area (TPSA) is 76.2 Å². The van der Waals surface area contributed by atoms with Crippen LogP contribution in [0.15, 0.2) is 4.42 Å². The van der Waals surface area contributed by atoms with Gasteiger partial charge in [-0.05, 0) is 24.5 Å². The number of carbonyl (C=O) groups is 1. The lowest BCUT2D eigenvalue weighted by Crippen LogP contribution is -2.07. The minimum Gasteiger partial charge on any atom is -0.481 e. The maximum Gasteiger partial charge on any atom is 0.303 e. The molecule has 2 unspecified atom stereocenters. The van der Waals surface area contributed by atoms with E-state index in [2.05, 4.69) is 10.2 Å². The van der Waals surface area contributed by atoms with Gasteiger partial charge in [0, 0.05) is 12.8 Å². The maximum atomic E-state index is 10.5. The number of thioether (sulfide) groups is 1. The minimum absolute atomic E-state index is 0.0250. The molecule has 0 saturated carbocycles. The van der Waals surface area contributed by atoms with E-state index in [0.29, 0.717) is 23.5 Å². The van der Waals surface area contributed by atoms with Gasteiger partial charge in [-0.25, -0.2) is 0 Å². The molecule has 2 heterocycles. The van der Waals surface area contributed by atoms with Crippen LogP contribution in [0.1, 0.15) is 43.2 Å². The van der Waals surface area contributed by atoms with Crippen LogP contribution in [0.5, 0.6) is 0 Å². The Labute approximate surface area is 104 Å². The summed E-state index contributed by atoms with van der Waals surface area (Å²) in [5.74, 6) is 1.64. The van der Waals surface area contributed by atoms with Crippen molar-refractivity contribution >= 4 is 17.7 Å². The summed E-state index contributed by atoms with van der Waals surface area (Å²) in [4.78, 5) is 10.5. The van der Waals surface area contributed by atoms with E-state index in [1.54, 1.807) is 0 Å². The molecule has 5 nitrogen and oxygen atoms in total. The highest BCUT2D eigenvalue weighted by Crippen LogP contribution is 2.39. The van der Waals surface area contributed by atoms with Crippen LogP contribution in [-0.2, 0) is 11.2 Å². The highest BCUT2D eigenvalue weighted by atomic mass is 32.2. The number of aliphatic carboxylic acids is 1. The van der Waals surface area contributed by atoms with E-state index >= 15 is 0 Å².